The van der Waals surface area contributed by atoms with Crippen molar-refractivity contribution in [2.45, 2.75) is 64.0 Å². The molecule has 4 fully saturated rings. The molecular formula is C22H39N5O2. The number of rotatable bonds is 5. The van der Waals surface area contributed by atoms with Crippen molar-refractivity contribution in [2.75, 3.05) is 59.5 Å². The first-order chi connectivity index (χ1) is 14.2. The number of ether oxygens (including phenoxy) is 1. The normalized spacial score (nSPS) is 30.1. The first-order valence-corrected chi connectivity index (χ1v) is 11.8. The van der Waals surface area contributed by atoms with E-state index in [0.717, 1.165) is 71.1 Å². The zero-order valence-electron chi connectivity index (χ0n) is 18.4. The molecule has 2 saturated heterocycles. The fourth-order valence-electron chi connectivity index (χ4n) is 5.65. The summed E-state index contributed by atoms with van der Waals surface area (Å²) in [5.74, 6) is 1.34. The summed E-state index contributed by atoms with van der Waals surface area (Å²) in [4.78, 5) is 23.9. The van der Waals surface area contributed by atoms with Gasteiger partial charge in [-0.2, -0.15) is 0 Å². The lowest BCUT2D eigenvalue weighted by atomic mass is 9.51. The van der Waals surface area contributed by atoms with E-state index in [0.29, 0.717) is 30.0 Å². The van der Waals surface area contributed by atoms with Crippen LogP contribution in [0.2, 0.25) is 0 Å². The molecule has 1 spiro atoms. The maximum absolute atomic E-state index is 12.5. The molecule has 2 saturated carbocycles. The smallest absolute Gasteiger partial charge is 0.236 e. The van der Waals surface area contributed by atoms with Gasteiger partial charge in [0.15, 0.2) is 5.96 Å². The van der Waals surface area contributed by atoms with Gasteiger partial charge in [0.05, 0.1) is 12.6 Å². The second-order valence-corrected chi connectivity index (χ2v) is 9.22. The lowest BCUT2D eigenvalue weighted by Gasteiger charge is -2.61. The van der Waals surface area contributed by atoms with Crippen LogP contribution in [0.5, 0.6) is 0 Å². The monoisotopic (exact) mass is 405 g/mol. The molecule has 2 aliphatic heterocycles. The lowest BCUT2D eigenvalue weighted by Crippen LogP contribution is -2.69. The highest BCUT2D eigenvalue weighted by molar-refractivity contribution is 5.81. The Morgan fingerprint density at radius 3 is 2.34 bits per heavy atom. The Hall–Kier alpha value is -1.34. The summed E-state index contributed by atoms with van der Waals surface area (Å²) in [6.07, 6.45) is 8.98. The van der Waals surface area contributed by atoms with Gasteiger partial charge in [0.1, 0.15) is 0 Å². The van der Waals surface area contributed by atoms with Gasteiger partial charge in [-0.25, -0.2) is 0 Å². The van der Waals surface area contributed by atoms with E-state index in [9.17, 15) is 4.79 Å². The zero-order valence-corrected chi connectivity index (χ0v) is 18.4. The van der Waals surface area contributed by atoms with Gasteiger partial charge in [0.2, 0.25) is 5.91 Å². The van der Waals surface area contributed by atoms with Crippen LogP contribution < -0.4 is 5.32 Å². The van der Waals surface area contributed by atoms with E-state index in [1.807, 2.05) is 7.05 Å². The molecule has 0 aromatic heterocycles. The number of piperazine rings is 1. The van der Waals surface area contributed by atoms with Crippen LogP contribution in [0.25, 0.3) is 0 Å². The number of aliphatic imine (C=N–C) groups is 1. The topological polar surface area (TPSA) is 60.4 Å². The van der Waals surface area contributed by atoms with E-state index in [4.69, 9.17) is 4.74 Å². The molecule has 164 valence electrons. The lowest BCUT2D eigenvalue weighted by molar-refractivity contribution is -0.169. The number of piperidine rings is 1. The van der Waals surface area contributed by atoms with Crippen LogP contribution in [-0.4, -0.2) is 98.2 Å². The molecular weight excluding hydrogens is 366 g/mol. The van der Waals surface area contributed by atoms with Crippen LogP contribution >= 0.6 is 0 Å². The average molecular weight is 406 g/mol. The minimum absolute atomic E-state index is 0.309. The second kappa shape index (κ2) is 9.21. The molecule has 7 heteroatoms. The van der Waals surface area contributed by atoms with Crippen molar-refractivity contribution >= 4 is 11.9 Å². The fraction of sp³-hybridized carbons (Fsp3) is 0.909. The Morgan fingerprint density at radius 1 is 1.03 bits per heavy atom. The summed E-state index contributed by atoms with van der Waals surface area (Å²) >= 11 is 0. The molecule has 0 aromatic rings. The van der Waals surface area contributed by atoms with E-state index in [1.54, 1.807) is 0 Å². The zero-order chi connectivity index (χ0) is 20.3. The molecule has 29 heavy (non-hydrogen) atoms. The highest BCUT2D eigenvalue weighted by Crippen LogP contribution is 2.57. The third-order valence-electron chi connectivity index (χ3n) is 7.69. The van der Waals surface area contributed by atoms with Crippen molar-refractivity contribution in [3.63, 3.8) is 0 Å². The molecule has 0 radical (unpaired) electrons. The Labute approximate surface area is 175 Å². The largest absolute Gasteiger partial charge is 0.378 e. The summed E-state index contributed by atoms with van der Waals surface area (Å²) < 4.78 is 5.99. The summed E-state index contributed by atoms with van der Waals surface area (Å²) in [6, 6.07) is 0.491. The number of amides is 1. The number of nitrogens with zero attached hydrogens (tertiary/aromatic N) is 4. The number of nitrogens with one attached hydrogen (secondary N) is 1. The van der Waals surface area contributed by atoms with Crippen molar-refractivity contribution in [1.82, 2.24) is 20.0 Å². The minimum atomic E-state index is 0.309. The molecule has 4 aliphatic rings. The highest BCUT2D eigenvalue weighted by atomic mass is 16.5. The van der Waals surface area contributed by atoms with Crippen LogP contribution in [0, 0.1) is 5.41 Å². The first-order valence-electron chi connectivity index (χ1n) is 11.8. The summed E-state index contributed by atoms with van der Waals surface area (Å²) in [5, 5.41) is 3.76. The van der Waals surface area contributed by atoms with Crippen molar-refractivity contribution in [2.24, 2.45) is 10.4 Å². The van der Waals surface area contributed by atoms with Gasteiger partial charge >= 0.3 is 0 Å². The third kappa shape index (κ3) is 4.26. The van der Waals surface area contributed by atoms with Crippen molar-refractivity contribution in [3.05, 3.63) is 0 Å². The number of guanidine groups is 1. The molecule has 2 aliphatic carbocycles. The van der Waals surface area contributed by atoms with E-state index in [1.165, 1.54) is 25.7 Å². The summed E-state index contributed by atoms with van der Waals surface area (Å²) in [6.45, 7) is 9.09. The van der Waals surface area contributed by atoms with Gasteiger partial charge in [0, 0.05) is 64.4 Å². The standard InChI is InChI=1S/C22H39N5O2/c1-3-29-19-16-18(22(19)8-7-9-22)24-21(23-2)27-14-12-25(13-15-27)17-20(28)26-10-5-4-6-11-26/h18-19H,3-17H2,1-2H3,(H,23,24). The number of likely N-dealkylation sites (tertiary alicyclic amines) is 1. The van der Waals surface area contributed by atoms with Gasteiger partial charge in [-0.05, 0) is 45.4 Å². The van der Waals surface area contributed by atoms with Gasteiger partial charge in [-0.15, -0.1) is 0 Å². The molecule has 2 heterocycles. The summed E-state index contributed by atoms with van der Waals surface area (Å²) in [7, 11) is 1.89. The third-order valence-corrected chi connectivity index (χ3v) is 7.69. The van der Waals surface area contributed by atoms with Crippen LogP contribution in [0.4, 0.5) is 0 Å². The second-order valence-electron chi connectivity index (χ2n) is 9.22. The predicted octanol–water partition coefficient (Wildman–Crippen LogP) is 1.54. The SMILES string of the molecule is CCOC1CC(NC(=NC)N2CCN(CC(=O)N3CCCCC3)CC2)C12CCC2. The molecule has 2 atom stereocenters. The highest BCUT2D eigenvalue weighted by Gasteiger charge is 2.59. The van der Waals surface area contributed by atoms with Crippen molar-refractivity contribution in [1.29, 1.82) is 0 Å². The molecule has 1 amide bonds. The predicted molar refractivity (Wildman–Crippen MR) is 115 cm³/mol. The summed E-state index contributed by atoms with van der Waals surface area (Å²) in [5.41, 5.74) is 0.342. The number of hydrogen-bond acceptors (Lipinski definition) is 4. The van der Waals surface area contributed by atoms with E-state index < -0.39 is 0 Å². The van der Waals surface area contributed by atoms with Crippen molar-refractivity contribution < 1.29 is 9.53 Å². The quantitative estimate of drug-likeness (QED) is 0.555. The number of hydrogen-bond donors (Lipinski definition) is 1. The molecule has 4 rings (SSSR count). The first kappa shape index (κ1) is 20.9. The number of carbonyl (C=O) groups is 1. The van der Waals surface area contributed by atoms with Crippen LogP contribution in [0.15, 0.2) is 4.99 Å². The Kier molecular flexibility index (Phi) is 6.64. The molecule has 7 nitrogen and oxygen atoms in total. The Bertz CT molecular complexity index is 592. The molecule has 1 N–H and O–H groups in total. The molecule has 0 bridgehead atoms. The van der Waals surface area contributed by atoms with Crippen LogP contribution in [0.3, 0.4) is 0 Å². The van der Waals surface area contributed by atoms with Crippen LogP contribution in [0.1, 0.15) is 51.9 Å². The Morgan fingerprint density at radius 2 is 1.76 bits per heavy atom. The Balaban J connectivity index is 1.24. The van der Waals surface area contributed by atoms with E-state index in [-0.39, 0.29) is 0 Å². The number of carbonyl (C=O) groups excluding carboxylic acids is 1. The van der Waals surface area contributed by atoms with Crippen LogP contribution in [-0.2, 0) is 9.53 Å². The van der Waals surface area contributed by atoms with Gasteiger partial charge in [-0.3, -0.25) is 14.7 Å². The van der Waals surface area contributed by atoms with Gasteiger partial charge in [0.25, 0.3) is 0 Å². The fourth-order valence-corrected chi connectivity index (χ4v) is 5.65. The maximum Gasteiger partial charge on any atom is 0.236 e. The van der Waals surface area contributed by atoms with E-state index >= 15 is 0 Å². The average Bonchev–Trinajstić information content (AvgIpc) is 2.70. The minimum Gasteiger partial charge on any atom is -0.378 e. The molecule has 0 aromatic carbocycles. The molecule has 2 unspecified atom stereocenters. The van der Waals surface area contributed by atoms with Gasteiger partial charge in [-0.1, -0.05) is 6.42 Å². The van der Waals surface area contributed by atoms with Crippen molar-refractivity contribution in [3.8, 4) is 0 Å². The maximum atomic E-state index is 12.5. The van der Waals surface area contributed by atoms with Gasteiger partial charge < -0.3 is 19.9 Å². The van der Waals surface area contributed by atoms with E-state index in [2.05, 4.69) is 31.9 Å².